The molecule has 5 heteroatoms. The van der Waals surface area contributed by atoms with Crippen molar-refractivity contribution in [3.05, 3.63) is 35.4 Å². The number of benzene rings is 2. The SMILES string of the molecule is CC(C)c1cc(N)cc2ccc(C#N)c(OC(F)F)c12. The number of halogens is 2. The Morgan fingerprint density at radius 3 is 2.50 bits per heavy atom. The van der Waals surface area contributed by atoms with Gasteiger partial charge in [0, 0.05) is 11.1 Å². The molecule has 20 heavy (non-hydrogen) atoms. The number of ether oxygens (including phenoxy) is 1. The maximum Gasteiger partial charge on any atom is 0.387 e. The van der Waals surface area contributed by atoms with Crippen molar-refractivity contribution >= 4 is 16.5 Å². The molecule has 0 spiro atoms. The molecule has 0 unspecified atom stereocenters. The molecular weight excluding hydrogens is 262 g/mol. The van der Waals surface area contributed by atoms with E-state index in [0.717, 1.165) is 5.56 Å². The van der Waals surface area contributed by atoms with Crippen LogP contribution in [-0.2, 0) is 0 Å². The van der Waals surface area contributed by atoms with Gasteiger partial charge in [0.05, 0.1) is 5.56 Å². The molecule has 2 N–H and O–H groups in total. The van der Waals surface area contributed by atoms with Crippen LogP contribution in [0.2, 0.25) is 0 Å². The third-order valence-corrected chi connectivity index (χ3v) is 3.07. The molecule has 0 atom stereocenters. The summed E-state index contributed by atoms with van der Waals surface area (Å²) in [6, 6.07) is 8.44. The Balaban J connectivity index is 2.87. The van der Waals surface area contributed by atoms with Crippen molar-refractivity contribution in [2.24, 2.45) is 0 Å². The Bertz CT molecular complexity index is 690. The summed E-state index contributed by atoms with van der Waals surface area (Å²) in [7, 11) is 0. The predicted molar refractivity (Wildman–Crippen MR) is 73.8 cm³/mol. The predicted octanol–water partition coefficient (Wildman–Crippen LogP) is 4.02. The summed E-state index contributed by atoms with van der Waals surface area (Å²) in [6.07, 6.45) is 0. The summed E-state index contributed by atoms with van der Waals surface area (Å²) in [5, 5.41) is 10.3. The van der Waals surface area contributed by atoms with Crippen LogP contribution in [0.5, 0.6) is 5.75 Å². The maximum atomic E-state index is 12.6. The van der Waals surface area contributed by atoms with Crippen molar-refractivity contribution in [1.29, 1.82) is 5.26 Å². The molecule has 0 bridgehead atoms. The molecular formula is C15H14F2N2O. The molecule has 0 saturated carbocycles. The normalized spacial score (nSPS) is 11.1. The Morgan fingerprint density at radius 1 is 1.25 bits per heavy atom. The van der Waals surface area contributed by atoms with E-state index in [4.69, 9.17) is 11.0 Å². The summed E-state index contributed by atoms with van der Waals surface area (Å²) in [5.41, 5.74) is 7.25. The number of nitriles is 1. The smallest absolute Gasteiger partial charge is 0.387 e. The third-order valence-electron chi connectivity index (χ3n) is 3.07. The van der Waals surface area contributed by atoms with E-state index in [-0.39, 0.29) is 17.2 Å². The van der Waals surface area contributed by atoms with Gasteiger partial charge in [-0.1, -0.05) is 19.9 Å². The quantitative estimate of drug-likeness (QED) is 0.861. The minimum absolute atomic E-state index is 0.0648. The molecule has 0 radical (unpaired) electrons. The van der Waals surface area contributed by atoms with Crippen LogP contribution >= 0.6 is 0 Å². The summed E-state index contributed by atoms with van der Waals surface area (Å²) in [5.74, 6) is -0.0151. The molecule has 0 aliphatic heterocycles. The lowest BCUT2D eigenvalue weighted by atomic mass is 9.93. The fourth-order valence-corrected chi connectivity index (χ4v) is 2.24. The molecule has 0 aliphatic carbocycles. The number of nitrogen functional groups attached to an aromatic ring is 1. The van der Waals surface area contributed by atoms with Crippen molar-refractivity contribution in [3.63, 3.8) is 0 Å². The van der Waals surface area contributed by atoms with E-state index in [1.54, 1.807) is 18.2 Å². The van der Waals surface area contributed by atoms with Gasteiger partial charge in [0.2, 0.25) is 0 Å². The first-order valence-corrected chi connectivity index (χ1v) is 6.15. The van der Waals surface area contributed by atoms with E-state index in [1.807, 2.05) is 19.9 Å². The molecule has 3 nitrogen and oxygen atoms in total. The number of nitrogens with zero attached hydrogens (tertiary/aromatic N) is 1. The molecule has 2 aromatic carbocycles. The van der Waals surface area contributed by atoms with Gasteiger partial charge in [-0.3, -0.25) is 0 Å². The largest absolute Gasteiger partial charge is 0.433 e. The number of anilines is 1. The van der Waals surface area contributed by atoms with Crippen LogP contribution in [0.3, 0.4) is 0 Å². The standard InChI is InChI=1S/C15H14F2N2O/c1-8(2)12-6-11(19)5-9-3-4-10(7-18)14(13(9)12)20-15(16)17/h3-6,8,15H,19H2,1-2H3. The van der Waals surface area contributed by atoms with Crippen LogP contribution in [0.25, 0.3) is 10.8 Å². The van der Waals surface area contributed by atoms with Gasteiger partial charge in [-0.2, -0.15) is 14.0 Å². The number of rotatable bonds is 3. The third kappa shape index (κ3) is 2.50. The van der Waals surface area contributed by atoms with Crippen LogP contribution < -0.4 is 10.5 Å². The zero-order valence-corrected chi connectivity index (χ0v) is 11.2. The number of fused-ring (bicyclic) bond motifs is 1. The van der Waals surface area contributed by atoms with Gasteiger partial charge in [0.1, 0.15) is 6.07 Å². The van der Waals surface area contributed by atoms with Gasteiger partial charge in [-0.05, 0) is 35.1 Å². The monoisotopic (exact) mass is 276 g/mol. The first-order chi connectivity index (χ1) is 9.43. The van der Waals surface area contributed by atoms with E-state index in [0.29, 0.717) is 16.5 Å². The second-order valence-electron chi connectivity index (χ2n) is 4.80. The fraction of sp³-hybridized carbons (Fsp3) is 0.267. The molecule has 2 aromatic rings. The second-order valence-corrected chi connectivity index (χ2v) is 4.80. The summed E-state index contributed by atoms with van der Waals surface area (Å²) in [6.45, 7) is 0.879. The van der Waals surface area contributed by atoms with Gasteiger partial charge in [0.25, 0.3) is 0 Å². The summed E-state index contributed by atoms with van der Waals surface area (Å²) >= 11 is 0. The van der Waals surface area contributed by atoms with E-state index < -0.39 is 6.61 Å². The lowest BCUT2D eigenvalue weighted by Gasteiger charge is -2.16. The second kappa shape index (κ2) is 5.33. The molecule has 0 fully saturated rings. The molecule has 2 rings (SSSR count). The van der Waals surface area contributed by atoms with Crippen molar-refractivity contribution in [1.82, 2.24) is 0 Å². The highest BCUT2D eigenvalue weighted by molar-refractivity contribution is 5.95. The van der Waals surface area contributed by atoms with E-state index in [9.17, 15) is 8.78 Å². The minimum Gasteiger partial charge on any atom is -0.433 e. The van der Waals surface area contributed by atoms with Crippen molar-refractivity contribution in [3.8, 4) is 11.8 Å². The van der Waals surface area contributed by atoms with Gasteiger partial charge in [0.15, 0.2) is 5.75 Å². The molecule has 0 saturated heterocycles. The van der Waals surface area contributed by atoms with Crippen LogP contribution in [-0.4, -0.2) is 6.61 Å². The van der Waals surface area contributed by atoms with Crippen LogP contribution in [0, 0.1) is 11.3 Å². The first-order valence-electron chi connectivity index (χ1n) is 6.15. The average molecular weight is 276 g/mol. The van der Waals surface area contributed by atoms with Crippen molar-refractivity contribution < 1.29 is 13.5 Å². The highest BCUT2D eigenvalue weighted by atomic mass is 19.3. The Labute approximate surface area is 115 Å². The Kier molecular flexibility index (Phi) is 3.75. The zero-order valence-electron chi connectivity index (χ0n) is 11.2. The van der Waals surface area contributed by atoms with Gasteiger partial charge in [-0.25, -0.2) is 0 Å². The van der Waals surface area contributed by atoms with Crippen molar-refractivity contribution in [2.45, 2.75) is 26.4 Å². The molecule has 0 amide bonds. The zero-order chi connectivity index (χ0) is 14.9. The van der Waals surface area contributed by atoms with E-state index in [1.165, 1.54) is 6.07 Å². The fourth-order valence-electron chi connectivity index (χ4n) is 2.24. The van der Waals surface area contributed by atoms with E-state index >= 15 is 0 Å². The van der Waals surface area contributed by atoms with Gasteiger partial charge < -0.3 is 10.5 Å². The van der Waals surface area contributed by atoms with E-state index in [2.05, 4.69) is 4.74 Å². The molecule has 0 aromatic heterocycles. The lowest BCUT2D eigenvalue weighted by molar-refractivity contribution is -0.0490. The topological polar surface area (TPSA) is 59.0 Å². The lowest BCUT2D eigenvalue weighted by Crippen LogP contribution is -2.06. The first kappa shape index (κ1) is 14.1. The Hall–Kier alpha value is -2.35. The average Bonchev–Trinajstić information content (AvgIpc) is 2.37. The van der Waals surface area contributed by atoms with Crippen LogP contribution in [0.15, 0.2) is 24.3 Å². The minimum atomic E-state index is -2.98. The highest BCUT2D eigenvalue weighted by Crippen LogP contribution is 2.37. The van der Waals surface area contributed by atoms with Gasteiger partial charge >= 0.3 is 6.61 Å². The number of alkyl halides is 2. The van der Waals surface area contributed by atoms with Crippen molar-refractivity contribution in [2.75, 3.05) is 5.73 Å². The van der Waals surface area contributed by atoms with Crippen LogP contribution in [0.4, 0.5) is 14.5 Å². The van der Waals surface area contributed by atoms with Gasteiger partial charge in [-0.15, -0.1) is 0 Å². The summed E-state index contributed by atoms with van der Waals surface area (Å²) < 4.78 is 29.8. The Morgan fingerprint density at radius 2 is 1.95 bits per heavy atom. The molecule has 104 valence electrons. The number of hydrogen-bond acceptors (Lipinski definition) is 3. The number of nitrogens with two attached hydrogens (primary N) is 1. The maximum absolute atomic E-state index is 12.6. The highest BCUT2D eigenvalue weighted by Gasteiger charge is 2.18. The molecule has 0 aliphatic rings. The summed E-state index contributed by atoms with van der Waals surface area (Å²) in [4.78, 5) is 0. The van der Waals surface area contributed by atoms with Crippen LogP contribution in [0.1, 0.15) is 30.9 Å². The molecule has 0 heterocycles. The number of hydrogen-bond donors (Lipinski definition) is 1.